The highest BCUT2D eigenvalue weighted by Crippen LogP contribution is 2.52. The molecule has 3 heterocycles. The Morgan fingerprint density at radius 2 is 1.97 bits per heavy atom. The Hall–Kier alpha value is -2.70. The van der Waals surface area contributed by atoms with Crippen LogP contribution in [0.2, 0.25) is 0 Å². The number of fused-ring (bicyclic) bond motifs is 3. The summed E-state index contributed by atoms with van der Waals surface area (Å²) in [6.07, 6.45) is 4.52. The first-order valence-corrected chi connectivity index (χ1v) is 11.0. The number of carbonyl (C=O) groups excluding carboxylic acids is 2. The van der Waals surface area contributed by atoms with Crippen molar-refractivity contribution in [3.63, 3.8) is 0 Å². The SMILES string of the molecule is CCn1cc(C(=O)OCC(=O)N2CC3(C)CC2CC(C)(C)C3)c(=O)c2ccc(C)nc21. The van der Waals surface area contributed by atoms with Crippen LogP contribution in [-0.4, -0.2) is 45.5 Å². The molecule has 7 nitrogen and oxygen atoms in total. The molecule has 1 saturated carbocycles. The molecule has 166 valence electrons. The molecule has 2 bridgehead atoms. The lowest BCUT2D eigenvalue weighted by Crippen LogP contribution is -2.40. The second-order valence-corrected chi connectivity index (χ2v) is 10.3. The van der Waals surface area contributed by atoms with E-state index < -0.39 is 11.4 Å². The smallest absolute Gasteiger partial charge is 0.344 e. The van der Waals surface area contributed by atoms with Gasteiger partial charge in [0.25, 0.3) is 5.91 Å². The maximum Gasteiger partial charge on any atom is 0.344 e. The summed E-state index contributed by atoms with van der Waals surface area (Å²) < 4.78 is 7.08. The van der Waals surface area contributed by atoms with E-state index in [1.807, 2.05) is 18.7 Å². The second kappa shape index (κ2) is 7.46. The van der Waals surface area contributed by atoms with E-state index in [0.717, 1.165) is 25.0 Å². The van der Waals surface area contributed by atoms with Crippen molar-refractivity contribution in [3.05, 3.63) is 39.8 Å². The van der Waals surface area contributed by atoms with Crippen LogP contribution in [0.1, 0.15) is 63.0 Å². The number of aryl methyl sites for hydroxylation is 2. The highest BCUT2D eigenvalue weighted by Gasteiger charge is 2.50. The molecular formula is C24H31N3O4. The fourth-order valence-electron chi connectivity index (χ4n) is 5.79. The van der Waals surface area contributed by atoms with E-state index >= 15 is 0 Å². The molecule has 2 aliphatic rings. The molecule has 1 saturated heterocycles. The van der Waals surface area contributed by atoms with Crippen LogP contribution in [0, 0.1) is 17.8 Å². The fourth-order valence-corrected chi connectivity index (χ4v) is 5.79. The van der Waals surface area contributed by atoms with Gasteiger partial charge < -0.3 is 14.2 Å². The first kappa shape index (κ1) is 21.5. The van der Waals surface area contributed by atoms with Gasteiger partial charge in [-0.25, -0.2) is 9.78 Å². The van der Waals surface area contributed by atoms with Crippen molar-refractivity contribution in [2.24, 2.45) is 10.8 Å². The van der Waals surface area contributed by atoms with Crippen molar-refractivity contribution in [2.75, 3.05) is 13.2 Å². The average molecular weight is 426 g/mol. The zero-order valence-corrected chi connectivity index (χ0v) is 19.0. The van der Waals surface area contributed by atoms with E-state index in [-0.39, 0.29) is 34.9 Å². The van der Waals surface area contributed by atoms with E-state index in [1.165, 1.54) is 6.20 Å². The van der Waals surface area contributed by atoms with Gasteiger partial charge in [-0.3, -0.25) is 9.59 Å². The minimum absolute atomic E-state index is 0.0685. The minimum Gasteiger partial charge on any atom is -0.452 e. The molecule has 2 aromatic rings. The molecular weight excluding hydrogens is 394 g/mol. The van der Waals surface area contributed by atoms with Gasteiger partial charge in [0.15, 0.2) is 6.61 Å². The van der Waals surface area contributed by atoms with Crippen LogP contribution < -0.4 is 5.43 Å². The molecule has 2 aromatic heterocycles. The number of esters is 1. The normalized spacial score (nSPS) is 24.4. The van der Waals surface area contributed by atoms with Gasteiger partial charge in [0.05, 0.1) is 5.39 Å². The summed E-state index contributed by atoms with van der Waals surface area (Å²) in [4.78, 5) is 44.8. The van der Waals surface area contributed by atoms with Gasteiger partial charge in [0, 0.05) is 31.0 Å². The number of hydrogen-bond donors (Lipinski definition) is 0. The van der Waals surface area contributed by atoms with Crippen molar-refractivity contribution in [3.8, 4) is 0 Å². The molecule has 2 unspecified atom stereocenters. The highest BCUT2D eigenvalue weighted by atomic mass is 16.5. The third-order valence-corrected chi connectivity index (χ3v) is 6.68. The maximum atomic E-state index is 12.9. The molecule has 1 amide bonds. The lowest BCUT2D eigenvalue weighted by Gasteiger charge is -2.39. The Bertz CT molecular complexity index is 1120. The third-order valence-electron chi connectivity index (χ3n) is 6.68. The van der Waals surface area contributed by atoms with Crippen LogP contribution in [0.4, 0.5) is 0 Å². The molecule has 0 N–H and O–H groups in total. The minimum atomic E-state index is -0.767. The lowest BCUT2D eigenvalue weighted by molar-refractivity contribution is -0.135. The molecule has 0 radical (unpaired) electrons. The van der Waals surface area contributed by atoms with Crippen LogP contribution in [0.5, 0.6) is 0 Å². The third kappa shape index (κ3) is 3.98. The monoisotopic (exact) mass is 425 g/mol. The van der Waals surface area contributed by atoms with Gasteiger partial charge in [-0.05, 0) is 56.1 Å². The highest BCUT2D eigenvalue weighted by molar-refractivity contribution is 5.94. The molecule has 7 heteroatoms. The number of ether oxygens (including phenoxy) is 1. The second-order valence-electron chi connectivity index (χ2n) is 10.3. The van der Waals surface area contributed by atoms with E-state index in [1.54, 1.807) is 16.7 Å². The topological polar surface area (TPSA) is 81.5 Å². The first-order valence-electron chi connectivity index (χ1n) is 11.0. The Kier molecular flexibility index (Phi) is 5.18. The first-order chi connectivity index (χ1) is 14.5. The van der Waals surface area contributed by atoms with Gasteiger partial charge in [0.1, 0.15) is 11.2 Å². The number of pyridine rings is 2. The summed E-state index contributed by atoms with van der Waals surface area (Å²) in [5, 5.41) is 0.372. The molecule has 1 aliphatic heterocycles. The quantitative estimate of drug-likeness (QED) is 0.702. The van der Waals surface area contributed by atoms with E-state index in [2.05, 4.69) is 25.8 Å². The molecule has 0 aromatic carbocycles. The largest absolute Gasteiger partial charge is 0.452 e. The molecule has 1 aliphatic carbocycles. The summed E-state index contributed by atoms with van der Waals surface area (Å²) in [6.45, 7) is 11.4. The van der Waals surface area contributed by atoms with Gasteiger partial charge in [-0.2, -0.15) is 0 Å². The Balaban J connectivity index is 1.51. The summed E-state index contributed by atoms with van der Waals surface area (Å²) >= 11 is 0. The predicted molar refractivity (Wildman–Crippen MR) is 118 cm³/mol. The molecule has 4 rings (SSSR count). The van der Waals surface area contributed by atoms with Crippen molar-refractivity contribution in [2.45, 2.75) is 66.5 Å². The summed E-state index contributed by atoms with van der Waals surface area (Å²) in [7, 11) is 0. The predicted octanol–water partition coefficient (Wildman–Crippen LogP) is 3.31. The van der Waals surface area contributed by atoms with E-state index in [0.29, 0.717) is 24.1 Å². The van der Waals surface area contributed by atoms with Crippen LogP contribution >= 0.6 is 0 Å². The maximum absolute atomic E-state index is 12.9. The molecule has 2 atom stereocenters. The fraction of sp³-hybridized carbons (Fsp3) is 0.583. The van der Waals surface area contributed by atoms with Crippen molar-refractivity contribution >= 4 is 22.9 Å². The van der Waals surface area contributed by atoms with E-state index in [4.69, 9.17) is 4.74 Å². The molecule has 2 fully saturated rings. The van der Waals surface area contributed by atoms with Gasteiger partial charge in [0.2, 0.25) is 5.43 Å². The zero-order chi connectivity index (χ0) is 22.6. The van der Waals surface area contributed by atoms with Crippen LogP contribution in [0.15, 0.2) is 23.1 Å². The zero-order valence-electron chi connectivity index (χ0n) is 19.0. The summed E-state index contributed by atoms with van der Waals surface area (Å²) in [6, 6.07) is 3.61. The van der Waals surface area contributed by atoms with Crippen molar-refractivity contribution < 1.29 is 14.3 Å². The number of likely N-dealkylation sites (tertiary alicyclic amines) is 1. The van der Waals surface area contributed by atoms with E-state index in [9.17, 15) is 14.4 Å². The van der Waals surface area contributed by atoms with Crippen molar-refractivity contribution in [1.82, 2.24) is 14.5 Å². The number of rotatable bonds is 4. The molecule has 31 heavy (non-hydrogen) atoms. The molecule has 0 spiro atoms. The average Bonchev–Trinajstić information content (AvgIpc) is 2.94. The Labute approximate surface area is 182 Å². The van der Waals surface area contributed by atoms with Gasteiger partial charge >= 0.3 is 5.97 Å². The van der Waals surface area contributed by atoms with Crippen LogP contribution in [0.3, 0.4) is 0 Å². The van der Waals surface area contributed by atoms with Gasteiger partial charge in [-0.15, -0.1) is 0 Å². The Morgan fingerprint density at radius 1 is 1.23 bits per heavy atom. The summed E-state index contributed by atoms with van der Waals surface area (Å²) in [5.74, 6) is -0.953. The van der Waals surface area contributed by atoms with Crippen molar-refractivity contribution in [1.29, 1.82) is 0 Å². The lowest BCUT2D eigenvalue weighted by atomic mass is 9.65. The Morgan fingerprint density at radius 3 is 2.68 bits per heavy atom. The number of carbonyl (C=O) groups is 2. The summed E-state index contributed by atoms with van der Waals surface area (Å²) in [5.41, 5.74) is 1.16. The van der Waals surface area contributed by atoms with Crippen LogP contribution in [0.25, 0.3) is 11.0 Å². The van der Waals surface area contributed by atoms with Gasteiger partial charge in [-0.1, -0.05) is 20.8 Å². The number of nitrogens with zero attached hydrogens (tertiary/aromatic N) is 3. The number of amides is 1. The van der Waals surface area contributed by atoms with Crippen LogP contribution in [-0.2, 0) is 16.1 Å². The number of hydrogen-bond acceptors (Lipinski definition) is 5. The number of aromatic nitrogens is 2. The standard InChI is InChI=1S/C24H31N3O4/c1-6-26-11-18(20(29)17-8-7-15(2)25-21(17)26)22(30)31-12-19(28)27-14-24(5)10-16(27)9-23(3,4)13-24/h7-8,11,16H,6,9-10,12-14H2,1-5H3.